The van der Waals surface area contributed by atoms with E-state index >= 15 is 0 Å². The number of benzene rings is 1. The molecule has 1 aromatic heterocycles. The number of hydrogen-bond acceptors (Lipinski definition) is 2. The van der Waals surface area contributed by atoms with E-state index in [0.717, 1.165) is 28.6 Å². The number of aromatic nitrogens is 1. The first kappa shape index (κ1) is 14.1. The molecule has 0 aliphatic heterocycles. The number of hydrogen-bond donors (Lipinski definition) is 2. The number of aromatic amines is 1. The molecule has 2 aromatic rings. The van der Waals surface area contributed by atoms with Crippen LogP contribution in [0.4, 0.5) is 0 Å². The Bertz CT molecular complexity index is 659. The summed E-state index contributed by atoms with van der Waals surface area (Å²) in [6.07, 6.45) is 1.58. The lowest BCUT2D eigenvalue weighted by Gasteiger charge is -2.06. The van der Waals surface area contributed by atoms with Crippen LogP contribution in [0.2, 0.25) is 0 Å². The Kier molecular flexibility index (Phi) is 4.27. The van der Waals surface area contributed by atoms with Crippen molar-refractivity contribution in [2.45, 2.75) is 33.2 Å². The van der Waals surface area contributed by atoms with Crippen LogP contribution in [0.1, 0.15) is 31.0 Å². The first-order chi connectivity index (χ1) is 9.00. The summed E-state index contributed by atoms with van der Waals surface area (Å²) in [4.78, 5) is 3.25. The minimum Gasteiger partial charge on any atom is -0.359 e. The average molecular weight is 280 g/mol. The second kappa shape index (κ2) is 5.75. The van der Waals surface area contributed by atoms with E-state index < -0.39 is 10.0 Å². The highest BCUT2D eigenvalue weighted by Crippen LogP contribution is 2.16. The Morgan fingerprint density at radius 2 is 2.05 bits per heavy atom. The summed E-state index contributed by atoms with van der Waals surface area (Å²) >= 11 is 0. The SMILES string of the molecule is CCCCS(=O)(=O)NCc1ccc2[nH]c(C)cc2c1. The van der Waals surface area contributed by atoms with Gasteiger partial charge in [-0.3, -0.25) is 0 Å². The molecule has 0 saturated heterocycles. The Labute approximate surface area is 114 Å². The quantitative estimate of drug-likeness (QED) is 0.854. The van der Waals surface area contributed by atoms with Crippen molar-refractivity contribution in [2.75, 3.05) is 5.75 Å². The summed E-state index contributed by atoms with van der Waals surface area (Å²) in [5.41, 5.74) is 3.16. The van der Waals surface area contributed by atoms with Gasteiger partial charge in [0.05, 0.1) is 5.75 Å². The number of H-pyrrole nitrogens is 1. The molecule has 0 spiro atoms. The zero-order chi connectivity index (χ0) is 13.9. The van der Waals surface area contributed by atoms with Gasteiger partial charge in [0, 0.05) is 17.8 Å². The van der Waals surface area contributed by atoms with Crippen molar-refractivity contribution < 1.29 is 8.42 Å². The molecule has 0 saturated carbocycles. The normalized spacial score (nSPS) is 12.1. The van der Waals surface area contributed by atoms with Crippen LogP contribution >= 0.6 is 0 Å². The lowest BCUT2D eigenvalue weighted by molar-refractivity contribution is 0.578. The Morgan fingerprint density at radius 1 is 1.26 bits per heavy atom. The maximum absolute atomic E-state index is 11.7. The Morgan fingerprint density at radius 3 is 2.79 bits per heavy atom. The van der Waals surface area contributed by atoms with Gasteiger partial charge in [0.2, 0.25) is 10.0 Å². The van der Waals surface area contributed by atoms with Crippen LogP contribution in [-0.4, -0.2) is 19.2 Å². The van der Waals surface area contributed by atoms with Crippen molar-refractivity contribution in [3.8, 4) is 0 Å². The van der Waals surface area contributed by atoms with Gasteiger partial charge >= 0.3 is 0 Å². The Hall–Kier alpha value is -1.33. The molecule has 104 valence electrons. The van der Waals surface area contributed by atoms with Crippen LogP contribution in [-0.2, 0) is 16.6 Å². The van der Waals surface area contributed by atoms with Gasteiger partial charge in [-0.1, -0.05) is 19.4 Å². The van der Waals surface area contributed by atoms with E-state index in [9.17, 15) is 8.42 Å². The minimum absolute atomic E-state index is 0.203. The van der Waals surface area contributed by atoms with E-state index in [2.05, 4.69) is 15.8 Å². The highest BCUT2D eigenvalue weighted by Gasteiger charge is 2.09. The summed E-state index contributed by atoms with van der Waals surface area (Å²) in [6, 6.07) is 8.00. The molecular weight excluding hydrogens is 260 g/mol. The molecule has 1 aromatic carbocycles. The van der Waals surface area contributed by atoms with Crippen molar-refractivity contribution in [1.82, 2.24) is 9.71 Å². The third-order valence-electron chi connectivity index (χ3n) is 3.08. The van der Waals surface area contributed by atoms with E-state index in [1.807, 2.05) is 32.0 Å². The number of sulfonamides is 1. The number of rotatable bonds is 6. The molecule has 0 atom stereocenters. The van der Waals surface area contributed by atoms with Crippen molar-refractivity contribution in [1.29, 1.82) is 0 Å². The van der Waals surface area contributed by atoms with Crippen molar-refractivity contribution in [2.24, 2.45) is 0 Å². The molecule has 0 bridgehead atoms. The smallest absolute Gasteiger partial charge is 0.211 e. The molecule has 19 heavy (non-hydrogen) atoms. The first-order valence-corrected chi connectivity index (χ1v) is 8.21. The molecule has 1 heterocycles. The maximum atomic E-state index is 11.7. The zero-order valence-electron chi connectivity index (χ0n) is 11.4. The van der Waals surface area contributed by atoms with Crippen LogP contribution in [0.5, 0.6) is 0 Å². The molecule has 0 unspecified atom stereocenters. The molecule has 2 N–H and O–H groups in total. The molecular formula is C14H20N2O2S. The van der Waals surface area contributed by atoms with E-state index in [-0.39, 0.29) is 5.75 Å². The van der Waals surface area contributed by atoms with Gasteiger partial charge in [0.15, 0.2) is 0 Å². The summed E-state index contributed by atoms with van der Waals surface area (Å²) in [6.45, 7) is 4.34. The van der Waals surface area contributed by atoms with Crippen molar-refractivity contribution >= 4 is 20.9 Å². The predicted molar refractivity (Wildman–Crippen MR) is 78.6 cm³/mol. The molecule has 0 aliphatic rings. The molecule has 0 radical (unpaired) electrons. The van der Waals surface area contributed by atoms with Gasteiger partial charge in [0.1, 0.15) is 0 Å². The molecule has 5 heteroatoms. The molecule has 0 aliphatic carbocycles. The van der Waals surface area contributed by atoms with E-state index in [1.165, 1.54) is 0 Å². The fourth-order valence-corrected chi connectivity index (χ4v) is 3.24. The summed E-state index contributed by atoms with van der Waals surface area (Å²) in [5, 5.41) is 1.11. The van der Waals surface area contributed by atoms with Crippen LogP contribution < -0.4 is 4.72 Å². The second-order valence-electron chi connectivity index (χ2n) is 4.87. The molecule has 4 nitrogen and oxygen atoms in total. The Balaban J connectivity index is 2.05. The predicted octanol–water partition coefficient (Wildman–Crippen LogP) is 2.70. The van der Waals surface area contributed by atoms with Gasteiger partial charge in [-0.15, -0.1) is 0 Å². The third-order valence-corrected chi connectivity index (χ3v) is 4.49. The summed E-state index contributed by atoms with van der Waals surface area (Å²) < 4.78 is 26.1. The summed E-state index contributed by atoms with van der Waals surface area (Å²) in [7, 11) is -3.15. The number of nitrogens with one attached hydrogen (secondary N) is 2. The molecule has 0 fully saturated rings. The third kappa shape index (κ3) is 3.81. The standard InChI is InChI=1S/C14H20N2O2S/c1-3-4-7-19(17,18)15-10-12-5-6-14-13(9-12)8-11(2)16-14/h5-6,8-9,15-16H,3-4,7,10H2,1-2H3. The van der Waals surface area contributed by atoms with E-state index in [4.69, 9.17) is 0 Å². The van der Waals surface area contributed by atoms with Crippen LogP contribution in [0.3, 0.4) is 0 Å². The molecule has 0 amide bonds. The average Bonchev–Trinajstić information content (AvgIpc) is 2.73. The van der Waals surface area contributed by atoms with Gasteiger partial charge in [-0.2, -0.15) is 0 Å². The lowest BCUT2D eigenvalue weighted by atomic mass is 10.1. The maximum Gasteiger partial charge on any atom is 0.211 e. The van der Waals surface area contributed by atoms with Crippen LogP contribution in [0, 0.1) is 6.92 Å². The number of fused-ring (bicyclic) bond motifs is 1. The largest absolute Gasteiger partial charge is 0.359 e. The van der Waals surface area contributed by atoms with Gasteiger partial charge in [-0.05, 0) is 42.5 Å². The fraction of sp³-hybridized carbons (Fsp3) is 0.429. The zero-order valence-corrected chi connectivity index (χ0v) is 12.2. The second-order valence-corrected chi connectivity index (χ2v) is 6.79. The molecule has 2 rings (SSSR count). The highest BCUT2D eigenvalue weighted by atomic mass is 32.2. The van der Waals surface area contributed by atoms with Crippen molar-refractivity contribution in [3.05, 3.63) is 35.5 Å². The van der Waals surface area contributed by atoms with Crippen LogP contribution in [0.25, 0.3) is 10.9 Å². The van der Waals surface area contributed by atoms with Gasteiger partial charge in [-0.25, -0.2) is 13.1 Å². The van der Waals surface area contributed by atoms with Gasteiger partial charge < -0.3 is 4.98 Å². The first-order valence-electron chi connectivity index (χ1n) is 6.56. The monoisotopic (exact) mass is 280 g/mol. The van der Waals surface area contributed by atoms with E-state index in [0.29, 0.717) is 13.0 Å². The van der Waals surface area contributed by atoms with Crippen LogP contribution in [0.15, 0.2) is 24.3 Å². The fourth-order valence-electron chi connectivity index (χ4n) is 2.04. The topological polar surface area (TPSA) is 62.0 Å². The number of aryl methyl sites for hydroxylation is 1. The highest BCUT2D eigenvalue weighted by molar-refractivity contribution is 7.89. The summed E-state index contributed by atoms with van der Waals surface area (Å²) in [5.74, 6) is 0.203. The van der Waals surface area contributed by atoms with E-state index in [1.54, 1.807) is 0 Å². The number of unbranched alkanes of at least 4 members (excludes halogenated alkanes) is 1. The lowest BCUT2D eigenvalue weighted by Crippen LogP contribution is -2.25. The van der Waals surface area contributed by atoms with Gasteiger partial charge in [0.25, 0.3) is 0 Å². The van der Waals surface area contributed by atoms with Crippen molar-refractivity contribution in [3.63, 3.8) is 0 Å². The minimum atomic E-state index is -3.15.